The molecule has 2 N–H and O–H groups in total. The van der Waals surface area contributed by atoms with E-state index in [-0.39, 0.29) is 6.04 Å². The van der Waals surface area contributed by atoms with Crippen LogP contribution in [0.2, 0.25) is 0 Å². The van der Waals surface area contributed by atoms with E-state index in [0.29, 0.717) is 0 Å². The highest BCUT2D eigenvalue weighted by atomic mass is 32.1. The maximum atomic E-state index is 5.93. The molecule has 1 heterocycles. The highest BCUT2D eigenvalue weighted by Crippen LogP contribution is 2.35. The highest BCUT2D eigenvalue weighted by Gasteiger charge is 2.11. The first-order valence-electron chi connectivity index (χ1n) is 4.96. The Hall–Kier alpha value is -1.06. The second kappa shape index (κ2) is 3.83. The third kappa shape index (κ3) is 1.73. The van der Waals surface area contributed by atoms with E-state index in [1.54, 1.807) is 18.4 Å². The number of methoxy groups -OCH3 is 1. The van der Waals surface area contributed by atoms with Gasteiger partial charge in [0.25, 0.3) is 0 Å². The molecule has 3 heteroatoms. The Kier molecular flexibility index (Phi) is 2.67. The zero-order valence-electron chi connectivity index (χ0n) is 9.20. The van der Waals surface area contributed by atoms with Crippen LogP contribution in [0.3, 0.4) is 0 Å². The van der Waals surface area contributed by atoms with Crippen LogP contribution in [-0.2, 0) is 0 Å². The lowest BCUT2D eigenvalue weighted by Gasteiger charge is -2.02. The number of aryl methyl sites for hydroxylation is 1. The monoisotopic (exact) mass is 221 g/mol. The van der Waals surface area contributed by atoms with Gasteiger partial charge in [-0.3, -0.25) is 0 Å². The van der Waals surface area contributed by atoms with E-state index in [2.05, 4.69) is 19.1 Å². The molecule has 0 spiro atoms. The number of fused-ring (bicyclic) bond motifs is 1. The van der Waals surface area contributed by atoms with Crippen molar-refractivity contribution < 1.29 is 4.74 Å². The smallest absolute Gasteiger partial charge is 0.119 e. The highest BCUT2D eigenvalue weighted by molar-refractivity contribution is 7.19. The van der Waals surface area contributed by atoms with Crippen molar-refractivity contribution in [2.24, 2.45) is 5.73 Å². The van der Waals surface area contributed by atoms with Crippen molar-refractivity contribution in [2.45, 2.75) is 19.9 Å². The molecule has 1 aromatic carbocycles. The molecular formula is C12H15NOS. The van der Waals surface area contributed by atoms with Gasteiger partial charge in [-0.25, -0.2) is 0 Å². The molecule has 0 aliphatic heterocycles. The van der Waals surface area contributed by atoms with Gasteiger partial charge in [0.05, 0.1) is 7.11 Å². The summed E-state index contributed by atoms with van der Waals surface area (Å²) >= 11 is 1.77. The molecule has 1 atom stereocenters. The first-order chi connectivity index (χ1) is 7.13. The van der Waals surface area contributed by atoms with Crippen LogP contribution in [0.1, 0.15) is 23.4 Å². The minimum absolute atomic E-state index is 0.105. The van der Waals surface area contributed by atoms with Gasteiger partial charge < -0.3 is 10.5 Å². The standard InChI is InChI=1S/C12H15NOS/c1-7-10-6-9(14-3)4-5-11(10)15-12(7)8(2)13/h4-6,8H,13H2,1-3H3. The second-order valence-corrected chi connectivity index (χ2v) is 4.83. The molecule has 0 aliphatic rings. The van der Waals surface area contributed by atoms with Crippen molar-refractivity contribution >= 4 is 21.4 Å². The third-order valence-electron chi connectivity index (χ3n) is 2.59. The number of rotatable bonds is 2. The van der Waals surface area contributed by atoms with Gasteiger partial charge in [-0.1, -0.05) is 0 Å². The lowest BCUT2D eigenvalue weighted by atomic mass is 10.1. The number of nitrogens with two attached hydrogens (primary N) is 1. The maximum absolute atomic E-state index is 5.93. The van der Waals surface area contributed by atoms with Crippen molar-refractivity contribution in [1.82, 2.24) is 0 Å². The molecule has 0 aliphatic carbocycles. The van der Waals surface area contributed by atoms with Crippen LogP contribution in [-0.4, -0.2) is 7.11 Å². The van der Waals surface area contributed by atoms with E-state index < -0.39 is 0 Å². The van der Waals surface area contributed by atoms with Crippen molar-refractivity contribution in [3.05, 3.63) is 28.6 Å². The van der Waals surface area contributed by atoms with Gasteiger partial charge in [0.15, 0.2) is 0 Å². The van der Waals surface area contributed by atoms with E-state index >= 15 is 0 Å². The van der Waals surface area contributed by atoms with Crippen molar-refractivity contribution in [2.75, 3.05) is 7.11 Å². The van der Waals surface area contributed by atoms with Crippen LogP contribution < -0.4 is 10.5 Å². The van der Waals surface area contributed by atoms with Gasteiger partial charge in [-0.05, 0) is 43.0 Å². The average molecular weight is 221 g/mol. The molecule has 0 amide bonds. The Morgan fingerprint density at radius 2 is 2.13 bits per heavy atom. The van der Waals surface area contributed by atoms with Crippen LogP contribution in [0.15, 0.2) is 18.2 Å². The predicted molar refractivity (Wildman–Crippen MR) is 65.7 cm³/mol. The van der Waals surface area contributed by atoms with Crippen LogP contribution >= 0.6 is 11.3 Å². The molecule has 15 heavy (non-hydrogen) atoms. The van der Waals surface area contributed by atoms with Gasteiger partial charge in [0.2, 0.25) is 0 Å². The molecule has 0 fully saturated rings. The van der Waals surface area contributed by atoms with E-state index in [9.17, 15) is 0 Å². The van der Waals surface area contributed by atoms with Crippen LogP contribution in [0, 0.1) is 6.92 Å². The quantitative estimate of drug-likeness (QED) is 0.845. The maximum Gasteiger partial charge on any atom is 0.119 e. The molecule has 2 rings (SSSR count). The van der Waals surface area contributed by atoms with Crippen molar-refractivity contribution in [3.8, 4) is 5.75 Å². The first kappa shape index (κ1) is 10.5. The summed E-state index contributed by atoms with van der Waals surface area (Å²) in [5, 5.41) is 1.26. The molecular weight excluding hydrogens is 206 g/mol. The van der Waals surface area contributed by atoms with Crippen LogP contribution in [0.25, 0.3) is 10.1 Å². The Morgan fingerprint density at radius 1 is 1.40 bits per heavy atom. The molecule has 80 valence electrons. The largest absolute Gasteiger partial charge is 0.497 e. The van der Waals surface area contributed by atoms with Crippen LogP contribution in [0.4, 0.5) is 0 Å². The van der Waals surface area contributed by atoms with Gasteiger partial charge >= 0.3 is 0 Å². The summed E-state index contributed by atoms with van der Waals surface area (Å²) < 4.78 is 6.50. The fraction of sp³-hybridized carbons (Fsp3) is 0.333. The molecule has 0 saturated carbocycles. The van der Waals surface area contributed by atoms with Gasteiger partial charge in [0, 0.05) is 15.6 Å². The zero-order valence-corrected chi connectivity index (χ0v) is 10.0. The molecule has 1 unspecified atom stereocenters. The van der Waals surface area contributed by atoms with Crippen LogP contribution in [0.5, 0.6) is 5.75 Å². The number of hydrogen-bond acceptors (Lipinski definition) is 3. The van der Waals surface area contributed by atoms with Gasteiger partial charge in [-0.15, -0.1) is 11.3 Å². The topological polar surface area (TPSA) is 35.2 Å². The van der Waals surface area contributed by atoms with Gasteiger partial charge in [0.1, 0.15) is 5.75 Å². The minimum Gasteiger partial charge on any atom is -0.497 e. The van der Waals surface area contributed by atoms with Crippen molar-refractivity contribution in [1.29, 1.82) is 0 Å². The lowest BCUT2D eigenvalue weighted by Crippen LogP contribution is -2.03. The fourth-order valence-corrected chi connectivity index (χ4v) is 2.92. The lowest BCUT2D eigenvalue weighted by molar-refractivity contribution is 0.415. The number of ether oxygens (including phenoxy) is 1. The SMILES string of the molecule is COc1ccc2sc(C(C)N)c(C)c2c1. The second-order valence-electron chi connectivity index (χ2n) is 3.74. The Morgan fingerprint density at radius 3 is 2.73 bits per heavy atom. The predicted octanol–water partition coefficient (Wildman–Crippen LogP) is 3.24. The number of thiophene rings is 1. The summed E-state index contributed by atoms with van der Waals surface area (Å²) in [5.74, 6) is 0.902. The number of hydrogen-bond donors (Lipinski definition) is 1. The van der Waals surface area contributed by atoms with Gasteiger partial charge in [-0.2, -0.15) is 0 Å². The molecule has 0 bridgehead atoms. The summed E-state index contributed by atoms with van der Waals surface area (Å²) in [4.78, 5) is 1.26. The summed E-state index contributed by atoms with van der Waals surface area (Å²) in [7, 11) is 1.69. The molecule has 0 saturated heterocycles. The summed E-state index contributed by atoms with van der Waals surface area (Å²) in [6.45, 7) is 4.14. The normalized spacial score (nSPS) is 13.1. The summed E-state index contributed by atoms with van der Waals surface area (Å²) in [5.41, 5.74) is 7.21. The fourth-order valence-electron chi connectivity index (χ4n) is 1.78. The first-order valence-corrected chi connectivity index (χ1v) is 5.77. The average Bonchev–Trinajstić information content (AvgIpc) is 2.56. The van der Waals surface area contributed by atoms with E-state index in [4.69, 9.17) is 10.5 Å². The molecule has 2 nitrogen and oxygen atoms in total. The van der Waals surface area contributed by atoms with E-state index in [1.807, 2.05) is 13.0 Å². The number of benzene rings is 1. The Balaban J connectivity index is 2.66. The third-order valence-corrected chi connectivity index (χ3v) is 4.07. The summed E-state index contributed by atoms with van der Waals surface area (Å²) in [6, 6.07) is 6.27. The zero-order chi connectivity index (χ0) is 11.0. The van der Waals surface area contributed by atoms with E-state index in [1.165, 1.54) is 20.5 Å². The summed E-state index contributed by atoms with van der Waals surface area (Å²) in [6.07, 6.45) is 0. The Labute approximate surface area is 93.7 Å². The Bertz CT molecular complexity index is 488. The minimum atomic E-state index is 0.105. The van der Waals surface area contributed by atoms with Crippen molar-refractivity contribution in [3.63, 3.8) is 0 Å². The molecule has 0 radical (unpaired) electrons. The molecule has 2 aromatic rings. The molecule has 1 aromatic heterocycles. The van der Waals surface area contributed by atoms with E-state index in [0.717, 1.165) is 5.75 Å².